The molecule has 3 aromatic rings. The number of aromatic nitrogens is 2. The van der Waals surface area contributed by atoms with E-state index < -0.39 is 5.97 Å². The van der Waals surface area contributed by atoms with Gasteiger partial charge in [0.05, 0.1) is 18.0 Å². The van der Waals surface area contributed by atoms with Gasteiger partial charge >= 0.3 is 5.97 Å². The van der Waals surface area contributed by atoms with Gasteiger partial charge in [-0.2, -0.15) is 5.10 Å². The van der Waals surface area contributed by atoms with Crippen molar-refractivity contribution in [1.29, 1.82) is 0 Å². The van der Waals surface area contributed by atoms with Gasteiger partial charge in [0.1, 0.15) is 0 Å². The molecule has 0 spiro atoms. The van der Waals surface area contributed by atoms with Crippen molar-refractivity contribution < 1.29 is 9.53 Å². The van der Waals surface area contributed by atoms with Gasteiger partial charge in [0.15, 0.2) is 5.69 Å². The lowest BCUT2D eigenvalue weighted by atomic mass is 10.1. The minimum Gasteiger partial charge on any atom is -0.461 e. The van der Waals surface area contributed by atoms with Crippen LogP contribution in [0.2, 0.25) is 0 Å². The molecule has 0 aliphatic rings. The Morgan fingerprint density at radius 1 is 1.04 bits per heavy atom. The van der Waals surface area contributed by atoms with E-state index >= 15 is 0 Å². The molecule has 1 aromatic heterocycles. The highest BCUT2D eigenvalue weighted by Gasteiger charge is 2.17. The molecule has 0 amide bonds. The first kappa shape index (κ1) is 16.0. The predicted octanol–water partition coefficient (Wildman–Crippen LogP) is 4.33. The molecule has 0 N–H and O–H groups in total. The van der Waals surface area contributed by atoms with Crippen molar-refractivity contribution in [3.05, 3.63) is 71.4 Å². The van der Waals surface area contributed by atoms with Gasteiger partial charge in [0.2, 0.25) is 0 Å². The summed E-state index contributed by atoms with van der Waals surface area (Å²) in [5, 5.41) is 4.48. The number of nitrogens with zero attached hydrogens (tertiary/aromatic N) is 2. The van der Waals surface area contributed by atoms with Crippen LogP contribution in [0, 0.1) is 13.8 Å². The number of hydrogen-bond donors (Lipinski definition) is 0. The Labute approximate surface area is 141 Å². The molecule has 3 rings (SSSR count). The van der Waals surface area contributed by atoms with Crippen LogP contribution in [0.1, 0.15) is 28.5 Å². The predicted molar refractivity (Wildman–Crippen MR) is 94.4 cm³/mol. The van der Waals surface area contributed by atoms with Crippen LogP contribution < -0.4 is 0 Å². The minimum absolute atomic E-state index is 0.314. The molecule has 122 valence electrons. The summed E-state index contributed by atoms with van der Waals surface area (Å²) in [6.07, 6.45) is 0. The second kappa shape index (κ2) is 6.71. The van der Waals surface area contributed by atoms with Gasteiger partial charge in [-0.15, -0.1) is 0 Å². The van der Waals surface area contributed by atoms with E-state index in [2.05, 4.69) is 5.10 Å². The normalized spacial score (nSPS) is 10.6. The number of aryl methyl sites for hydroxylation is 2. The summed E-state index contributed by atoms with van der Waals surface area (Å²) in [5.74, 6) is -0.405. The van der Waals surface area contributed by atoms with Crippen LogP contribution in [-0.4, -0.2) is 22.4 Å². The van der Waals surface area contributed by atoms with Gasteiger partial charge in [0.25, 0.3) is 0 Å². The van der Waals surface area contributed by atoms with Crippen molar-refractivity contribution in [1.82, 2.24) is 9.78 Å². The monoisotopic (exact) mass is 320 g/mol. The third-order valence-corrected chi connectivity index (χ3v) is 3.79. The Balaban J connectivity index is 2.14. The molecule has 0 saturated heterocycles. The Kier molecular flexibility index (Phi) is 4.47. The van der Waals surface area contributed by atoms with Crippen molar-refractivity contribution in [3.63, 3.8) is 0 Å². The maximum Gasteiger partial charge on any atom is 0.358 e. The minimum atomic E-state index is -0.405. The molecular weight excluding hydrogens is 300 g/mol. The highest BCUT2D eigenvalue weighted by Crippen LogP contribution is 2.25. The number of hydrogen-bond acceptors (Lipinski definition) is 3. The largest absolute Gasteiger partial charge is 0.461 e. The first-order valence-electron chi connectivity index (χ1n) is 7.99. The van der Waals surface area contributed by atoms with Crippen molar-refractivity contribution in [3.8, 4) is 16.9 Å². The van der Waals surface area contributed by atoms with Crippen LogP contribution >= 0.6 is 0 Å². The summed E-state index contributed by atoms with van der Waals surface area (Å²) in [7, 11) is 0. The Hall–Kier alpha value is -2.88. The van der Waals surface area contributed by atoms with E-state index in [1.807, 2.05) is 62.4 Å². The SMILES string of the molecule is CCOC(=O)c1cc(-c2ccc(C)cc2)n(-c2cccc(C)c2)n1. The standard InChI is InChI=1S/C20H20N2O2/c1-4-24-20(23)18-13-19(16-10-8-14(2)9-11-16)22(21-18)17-7-5-6-15(3)12-17/h5-13H,4H2,1-3H3. The highest BCUT2D eigenvalue weighted by molar-refractivity contribution is 5.89. The summed E-state index contributed by atoms with van der Waals surface area (Å²) in [6.45, 7) is 6.20. The van der Waals surface area contributed by atoms with E-state index in [0.29, 0.717) is 12.3 Å². The molecule has 0 unspecified atom stereocenters. The zero-order valence-electron chi connectivity index (χ0n) is 14.1. The third-order valence-electron chi connectivity index (χ3n) is 3.79. The van der Waals surface area contributed by atoms with Gasteiger partial charge in [-0.1, -0.05) is 42.0 Å². The van der Waals surface area contributed by atoms with E-state index in [1.54, 1.807) is 17.7 Å². The van der Waals surface area contributed by atoms with Crippen LogP contribution in [0.4, 0.5) is 0 Å². The lowest BCUT2D eigenvalue weighted by Crippen LogP contribution is -2.06. The molecule has 0 atom stereocenters. The van der Waals surface area contributed by atoms with Gasteiger partial charge in [-0.3, -0.25) is 0 Å². The average Bonchev–Trinajstić information content (AvgIpc) is 3.01. The summed E-state index contributed by atoms with van der Waals surface area (Å²) >= 11 is 0. The van der Waals surface area contributed by atoms with Crippen LogP contribution in [0.15, 0.2) is 54.6 Å². The van der Waals surface area contributed by atoms with Gasteiger partial charge in [-0.05, 0) is 44.5 Å². The summed E-state index contributed by atoms with van der Waals surface area (Å²) in [5.41, 5.74) is 5.42. The Bertz CT molecular complexity index is 864. The summed E-state index contributed by atoms with van der Waals surface area (Å²) < 4.78 is 6.89. The Morgan fingerprint density at radius 3 is 2.46 bits per heavy atom. The van der Waals surface area contributed by atoms with E-state index in [0.717, 1.165) is 22.5 Å². The highest BCUT2D eigenvalue weighted by atomic mass is 16.5. The zero-order valence-corrected chi connectivity index (χ0v) is 14.1. The molecule has 4 heteroatoms. The number of carbonyl (C=O) groups is 1. The summed E-state index contributed by atoms with van der Waals surface area (Å²) in [4.78, 5) is 12.1. The van der Waals surface area contributed by atoms with Crippen LogP contribution in [0.3, 0.4) is 0 Å². The van der Waals surface area contributed by atoms with E-state index in [-0.39, 0.29) is 0 Å². The molecule has 24 heavy (non-hydrogen) atoms. The smallest absolute Gasteiger partial charge is 0.358 e. The van der Waals surface area contributed by atoms with Gasteiger partial charge < -0.3 is 4.74 Å². The van der Waals surface area contributed by atoms with Crippen molar-refractivity contribution >= 4 is 5.97 Å². The topological polar surface area (TPSA) is 44.1 Å². The first-order valence-corrected chi connectivity index (χ1v) is 7.99. The molecule has 1 heterocycles. The van der Waals surface area contributed by atoms with Crippen LogP contribution in [-0.2, 0) is 4.74 Å². The van der Waals surface area contributed by atoms with Crippen molar-refractivity contribution in [2.75, 3.05) is 6.61 Å². The number of benzene rings is 2. The van der Waals surface area contributed by atoms with E-state index in [4.69, 9.17) is 4.74 Å². The van der Waals surface area contributed by atoms with Gasteiger partial charge in [-0.25, -0.2) is 9.48 Å². The van der Waals surface area contributed by atoms with Crippen LogP contribution in [0.25, 0.3) is 16.9 Å². The van der Waals surface area contributed by atoms with E-state index in [9.17, 15) is 4.79 Å². The van der Waals surface area contributed by atoms with Crippen molar-refractivity contribution in [2.45, 2.75) is 20.8 Å². The molecular formula is C20H20N2O2. The molecule has 0 aliphatic carbocycles. The fourth-order valence-corrected chi connectivity index (χ4v) is 2.57. The molecule has 0 radical (unpaired) electrons. The number of ether oxygens (including phenoxy) is 1. The maximum atomic E-state index is 12.1. The Morgan fingerprint density at radius 2 is 1.79 bits per heavy atom. The van der Waals surface area contributed by atoms with Gasteiger partial charge in [0, 0.05) is 5.56 Å². The van der Waals surface area contributed by atoms with Crippen LogP contribution in [0.5, 0.6) is 0 Å². The zero-order chi connectivity index (χ0) is 17.1. The fourth-order valence-electron chi connectivity index (χ4n) is 2.57. The number of carbonyl (C=O) groups excluding carboxylic acids is 1. The van der Waals surface area contributed by atoms with E-state index in [1.165, 1.54) is 5.56 Å². The third kappa shape index (κ3) is 3.23. The first-order chi connectivity index (χ1) is 11.6. The molecule has 4 nitrogen and oxygen atoms in total. The second-order valence-corrected chi connectivity index (χ2v) is 5.75. The molecule has 0 saturated carbocycles. The number of esters is 1. The van der Waals surface area contributed by atoms with Crippen molar-refractivity contribution in [2.24, 2.45) is 0 Å². The summed E-state index contributed by atoms with van der Waals surface area (Å²) in [6, 6.07) is 18.0. The molecule has 2 aromatic carbocycles. The quantitative estimate of drug-likeness (QED) is 0.672. The molecule has 0 fully saturated rings. The lowest BCUT2D eigenvalue weighted by Gasteiger charge is -2.08. The second-order valence-electron chi connectivity index (χ2n) is 5.75. The maximum absolute atomic E-state index is 12.1. The lowest BCUT2D eigenvalue weighted by molar-refractivity contribution is 0.0519. The number of rotatable bonds is 4. The average molecular weight is 320 g/mol. The molecule has 0 aliphatic heterocycles. The molecule has 0 bridgehead atoms. The fraction of sp³-hybridized carbons (Fsp3) is 0.200.